The highest BCUT2D eigenvalue weighted by Crippen LogP contribution is 2.30. The van der Waals surface area contributed by atoms with Gasteiger partial charge in [0.05, 0.1) is 36.0 Å². The van der Waals surface area contributed by atoms with Gasteiger partial charge in [-0.15, -0.1) is 0 Å². The summed E-state index contributed by atoms with van der Waals surface area (Å²) in [7, 11) is 1.39. The van der Waals surface area contributed by atoms with E-state index < -0.39 is 4.92 Å². The molecule has 0 atom stereocenters. The number of non-ortho nitro benzene ring substituents is 1. The average molecular weight is 358 g/mol. The Hall–Kier alpha value is -3.09. The number of methoxy groups -OCH3 is 1. The van der Waals surface area contributed by atoms with Crippen molar-refractivity contribution in [1.29, 1.82) is 0 Å². The number of carbonyl (C=O) groups is 1. The van der Waals surface area contributed by atoms with E-state index >= 15 is 0 Å². The van der Waals surface area contributed by atoms with Crippen LogP contribution in [0.5, 0.6) is 11.5 Å². The van der Waals surface area contributed by atoms with E-state index in [0.717, 1.165) is 19.3 Å². The summed E-state index contributed by atoms with van der Waals surface area (Å²) in [5.41, 5.74) is 0.632. The summed E-state index contributed by atoms with van der Waals surface area (Å²) in [6.07, 6.45) is 3.07. The van der Waals surface area contributed by atoms with Crippen LogP contribution in [-0.2, 0) is 0 Å². The van der Waals surface area contributed by atoms with Crippen LogP contribution in [0.4, 0.5) is 11.4 Å². The fourth-order valence-electron chi connectivity index (χ4n) is 2.40. The lowest BCUT2D eigenvalue weighted by Crippen LogP contribution is -2.14. The molecule has 0 saturated heterocycles. The van der Waals surface area contributed by atoms with E-state index in [1.807, 2.05) is 0 Å². The van der Waals surface area contributed by atoms with Crippen LogP contribution in [0.3, 0.4) is 0 Å². The van der Waals surface area contributed by atoms with Gasteiger partial charge in [0, 0.05) is 6.07 Å². The molecule has 26 heavy (non-hydrogen) atoms. The average Bonchev–Trinajstić information content (AvgIpc) is 2.65. The predicted molar refractivity (Wildman–Crippen MR) is 99.1 cm³/mol. The molecule has 1 amide bonds. The molecule has 0 heterocycles. The molecule has 0 bridgehead atoms. The first-order valence-corrected chi connectivity index (χ1v) is 8.42. The van der Waals surface area contributed by atoms with Crippen LogP contribution >= 0.6 is 0 Å². The number of para-hydroxylation sites is 1. The second-order valence-corrected chi connectivity index (χ2v) is 5.65. The maximum absolute atomic E-state index is 12.6. The molecule has 2 aromatic rings. The van der Waals surface area contributed by atoms with E-state index in [1.165, 1.54) is 25.3 Å². The number of hydrogen-bond donors (Lipinski definition) is 1. The van der Waals surface area contributed by atoms with Crippen LogP contribution in [0.2, 0.25) is 0 Å². The van der Waals surface area contributed by atoms with Crippen molar-refractivity contribution < 1.29 is 19.2 Å². The number of carbonyl (C=O) groups excluding carboxylic acids is 1. The van der Waals surface area contributed by atoms with Gasteiger partial charge in [0.25, 0.3) is 11.6 Å². The quantitative estimate of drug-likeness (QED) is 0.407. The van der Waals surface area contributed by atoms with Crippen LogP contribution < -0.4 is 14.8 Å². The van der Waals surface area contributed by atoms with Crippen LogP contribution in [0.25, 0.3) is 0 Å². The van der Waals surface area contributed by atoms with E-state index in [-0.39, 0.29) is 17.3 Å². The van der Waals surface area contributed by atoms with E-state index in [2.05, 4.69) is 12.2 Å². The molecule has 0 aliphatic rings. The summed E-state index contributed by atoms with van der Waals surface area (Å²) in [6, 6.07) is 11.0. The summed E-state index contributed by atoms with van der Waals surface area (Å²) in [5.74, 6) is 0.346. The van der Waals surface area contributed by atoms with Gasteiger partial charge in [-0.3, -0.25) is 14.9 Å². The number of nitro groups is 1. The number of hydrogen-bond acceptors (Lipinski definition) is 5. The van der Waals surface area contributed by atoms with Crippen LogP contribution in [0, 0.1) is 10.1 Å². The first-order chi connectivity index (χ1) is 12.6. The standard InChI is InChI=1S/C19H22N2O5/c1-3-4-7-12-26-17-9-6-5-8-15(17)19(22)20-16-11-10-14(21(23)24)13-18(16)25-2/h5-6,8-11,13H,3-4,7,12H2,1-2H3,(H,20,22). The molecule has 0 saturated carbocycles. The Morgan fingerprint density at radius 1 is 1.15 bits per heavy atom. The summed E-state index contributed by atoms with van der Waals surface area (Å²) < 4.78 is 10.9. The van der Waals surface area contributed by atoms with Crippen LogP contribution in [0.15, 0.2) is 42.5 Å². The summed E-state index contributed by atoms with van der Waals surface area (Å²) in [4.78, 5) is 23.0. The van der Waals surface area contributed by atoms with E-state index in [1.54, 1.807) is 24.3 Å². The number of nitro benzene ring substituents is 1. The van der Waals surface area contributed by atoms with Gasteiger partial charge in [-0.1, -0.05) is 31.9 Å². The molecule has 0 aromatic heterocycles. The van der Waals surface area contributed by atoms with E-state index in [0.29, 0.717) is 23.6 Å². The topological polar surface area (TPSA) is 90.7 Å². The number of ether oxygens (including phenoxy) is 2. The lowest BCUT2D eigenvalue weighted by Gasteiger charge is -2.13. The minimum Gasteiger partial charge on any atom is -0.494 e. The van der Waals surface area contributed by atoms with E-state index in [4.69, 9.17) is 9.47 Å². The molecule has 0 fully saturated rings. The molecule has 7 heteroatoms. The van der Waals surface area contributed by atoms with E-state index in [9.17, 15) is 14.9 Å². The van der Waals surface area contributed by atoms with Gasteiger partial charge in [-0.05, 0) is 24.6 Å². The van der Waals surface area contributed by atoms with Crippen molar-refractivity contribution in [1.82, 2.24) is 0 Å². The third kappa shape index (κ3) is 4.95. The Kier molecular flexibility index (Phi) is 6.96. The largest absolute Gasteiger partial charge is 0.494 e. The van der Waals surface area contributed by atoms with Gasteiger partial charge in [-0.2, -0.15) is 0 Å². The molecule has 2 aromatic carbocycles. The minimum atomic E-state index is -0.520. The minimum absolute atomic E-state index is 0.112. The molecule has 0 unspecified atom stereocenters. The van der Waals surface area contributed by atoms with Crippen molar-refractivity contribution in [3.8, 4) is 11.5 Å². The lowest BCUT2D eigenvalue weighted by atomic mass is 10.1. The fraction of sp³-hybridized carbons (Fsp3) is 0.316. The Balaban J connectivity index is 2.16. The Bertz CT molecular complexity index is 776. The monoisotopic (exact) mass is 358 g/mol. The lowest BCUT2D eigenvalue weighted by molar-refractivity contribution is -0.384. The SMILES string of the molecule is CCCCCOc1ccccc1C(=O)Nc1ccc([N+](=O)[O-])cc1OC. The Morgan fingerprint density at radius 2 is 1.92 bits per heavy atom. The molecule has 0 radical (unpaired) electrons. The number of anilines is 1. The summed E-state index contributed by atoms with van der Waals surface area (Å²) in [6.45, 7) is 2.65. The molecule has 1 N–H and O–H groups in total. The van der Waals surface area contributed by atoms with Crippen molar-refractivity contribution in [3.05, 3.63) is 58.1 Å². The first-order valence-electron chi connectivity index (χ1n) is 8.42. The smallest absolute Gasteiger partial charge is 0.273 e. The number of nitrogens with one attached hydrogen (secondary N) is 1. The summed E-state index contributed by atoms with van der Waals surface area (Å²) in [5, 5.41) is 13.6. The molecule has 0 aliphatic carbocycles. The van der Waals surface area contributed by atoms with Gasteiger partial charge in [0.15, 0.2) is 0 Å². The fourth-order valence-corrected chi connectivity index (χ4v) is 2.40. The van der Waals surface area contributed by atoms with Crippen molar-refractivity contribution in [2.45, 2.75) is 26.2 Å². The second-order valence-electron chi connectivity index (χ2n) is 5.65. The van der Waals surface area contributed by atoms with Gasteiger partial charge in [0.2, 0.25) is 0 Å². The predicted octanol–water partition coefficient (Wildman–Crippen LogP) is 4.42. The number of nitrogens with zero attached hydrogens (tertiary/aromatic N) is 1. The maximum Gasteiger partial charge on any atom is 0.273 e. The maximum atomic E-state index is 12.6. The molecule has 7 nitrogen and oxygen atoms in total. The zero-order chi connectivity index (χ0) is 18.9. The highest BCUT2D eigenvalue weighted by molar-refractivity contribution is 6.06. The van der Waals surface area contributed by atoms with Crippen molar-refractivity contribution >= 4 is 17.3 Å². The number of benzene rings is 2. The molecular formula is C19H22N2O5. The molecule has 2 rings (SSSR count). The van der Waals surface area contributed by atoms with Crippen molar-refractivity contribution in [3.63, 3.8) is 0 Å². The third-order valence-electron chi connectivity index (χ3n) is 3.78. The zero-order valence-corrected chi connectivity index (χ0v) is 14.9. The molecule has 0 aliphatic heterocycles. The second kappa shape index (κ2) is 9.41. The van der Waals surface area contributed by atoms with Gasteiger partial charge in [0.1, 0.15) is 11.5 Å². The number of rotatable bonds is 9. The van der Waals surface area contributed by atoms with Crippen molar-refractivity contribution in [2.75, 3.05) is 19.0 Å². The Morgan fingerprint density at radius 3 is 2.62 bits per heavy atom. The van der Waals surface area contributed by atoms with Gasteiger partial charge < -0.3 is 14.8 Å². The van der Waals surface area contributed by atoms with Crippen LogP contribution in [-0.4, -0.2) is 24.5 Å². The third-order valence-corrected chi connectivity index (χ3v) is 3.78. The molecular weight excluding hydrogens is 336 g/mol. The summed E-state index contributed by atoms with van der Waals surface area (Å²) >= 11 is 0. The highest BCUT2D eigenvalue weighted by Gasteiger charge is 2.16. The number of unbranched alkanes of at least 4 members (excludes halogenated alkanes) is 2. The zero-order valence-electron chi connectivity index (χ0n) is 14.9. The molecule has 138 valence electrons. The Labute approximate surface area is 152 Å². The molecule has 0 spiro atoms. The van der Waals surface area contributed by atoms with Gasteiger partial charge >= 0.3 is 0 Å². The number of amides is 1. The first kappa shape index (κ1) is 19.2. The van der Waals surface area contributed by atoms with Crippen LogP contribution in [0.1, 0.15) is 36.5 Å². The highest BCUT2D eigenvalue weighted by atomic mass is 16.6. The normalized spacial score (nSPS) is 10.2. The van der Waals surface area contributed by atoms with Gasteiger partial charge in [-0.25, -0.2) is 0 Å². The van der Waals surface area contributed by atoms with Crippen molar-refractivity contribution in [2.24, 2.45) is 0 Å².